The zero-order valence-electron chi connectivity index (χ0n) is 15.4. The summed E-state index contributed by atoms with van der Waals surface area (Å²) in [6, 6.07) is 9.14. The van der Waals surface area contributed by atoms with Gasteiger partial charge in [-0.05, 0) is 31.2 Å². The van der Waals surface area contributed by atoms with Gasteiger partial charge in [0.2, 0.25) is 5.91 Å². The Morgan fingerprint density at radius 2 is 1.70 bits per heavy atom. The van der Waals surface area contributed by atoms with Gasteiger partial charge in [0.1, 0.15) is 10.8 Å². The van der Waals surface area contributed by atoms with Gasteiger partial charge in [-0.2, -0.15) is 13.2 Å². The van der Waals surface area contributed by atoms with Gasteiger partial charge >= 0.3 is 12.2 Å². The molecule has 0 saturated heterocycles. The number of halogens is 4. The standard InChI is InChI=1S/C19H14F4N4O2S/c1-10-11(20)5-4-8-12(10)26-18(29)27-15(28)9-30-17-16(19(21,22)23)24-13-6-2-3-7-14(13)25-17/h2-8H,9H2,1H3,(H2,26,27,28,29). The van der Waals surface area contributed by atoms with Crippen LogP contribution in [0.2, 0.25) is 0 Å². The van der Waals surface area contributed by atoms with E-state index in [0.29, 0.717) is 11.8 Å². The topological polar surface area (TPSA) is 84.0 Å². The second-order valence-corrected chi connectivity index (χ2v) is 7.03. The van der Waals surface area contributed by atoms with Crippen molar-refractivity contribution < 1.29 is 27.2 Å². The number of rotatable bonds is 4. The summed E-state index contributed by atoms with van der Waals surface area (Å²) in [5.74, 6) is -1.90. The Balaban J connectivity index is 1.69. The summed E-state index contributed by atoms with van der Waals surface area (Å²) >= 11 is 0.505. The first kappa shape index (κ1) is 21.5. The minimum Gasteiger partial charge on any atom is -0.307 e. The number of nitrogens with one attached hydrogen (secondary N) is 2. The average molecular weight is 438 g/mol. The number of anilines is 1. The van der Waals surface area contributed by atoms with E-state index in [1.165, 1.54) is 43.3 Å². The number of carbonyl (C=O) groups excluding carboxylic acids is 2. The van der Waals surface area contributed by atoms with E-state index in [-0.39, 0.29) is 22.3 Å². The van der Waals surface area contributed by atoms with Crippen LogP contribution in [0.1, 0.15) is 11.3 Å². The van der Waals surface area contributed by atoms with E-state index in [4.69, 9.17) is 0 Å². The van der Waals surface area contributed by atoms with Crippen molar-refractivity contribution in [3.63, 3.8) is 0 Å². The van der Waals surface area contributed by atoms with Gasteiger partial charge in [-0.15, -0.1) is 0 Å². The maximum absolute atomic E-state index is 13.5. The molecule has 30 heavy (non-hydrogen) atoms. The number of hydrogen-bond acceptors (Lipinski definition) is 5. The Bertz CT molecular complexity index is 1120. The van der Waals surface area contributed by atoms with Gasteiger partial charge in [-0.1, -0.05) is 30.0 Å². The smallest absolute Gasteiger partial charge is 0.307 e. The van der Waals surface area contributed by atoms with Crippen molar-refractivity contribution in [2.24, 2.45) is 0 Å². The highest BCUT2D eigenvalue weighted by atomic mass is 32.2. The van der Waals surface area contributed by atoms with Crippen molar-refractivity contribution >= 4 is 40.4 Å². The first-order valence-corrected chi connectivity index (χ1v) is 9.46. The van der Waals surface area contributed by atoms with E-state index >= 15 is 0 Å². The van der Waals surface area contributed by atoms with Crippen LogP contribution < -0.4 is 10.6 Å². The molecule has 3 rings (SSSR count). The predicted molar refractivity (Wildman–Crippen MR) is 104 cm³/mol. The summed E-state index contributed by atoms with van der Waals surface area (Å²) < 4.78 is 53.4. The lowest BCUT2D eigenvalue weighted by Gasteiger charge is -2.12. The number of aromatic nitrogens is 2. The Morgan fingerprint density at radius 1 is 1.03 bits per heavy atom. The fraction of sp³-hybridized carbons (Fsp3) is 0.158. The van der Waals surface area contributed by atoms with Crippen LogP contribution in [0.15, 0.2) is 47.5 Å². The van der Waals surface area contributed by atoms with Gasteiger partial charge in [-0.3, -0.25) is 10.1 Å². The molecule has 1 aromatic heterocycles. The Labute approximate surface area is 172 Å². The molecule has 3 aromatic rings. The highest BCUT2D eigenvalue weighted by Gasteiger charge is 2.37. The second kappa shape index (κ2) is 8.66. The van der Waals surface area contributed by atoms with Gasteiger partial charge in [0.25, 0.3) is 0 Å². The van der Waals surface area contributed by atoms with Crippen LogP contribution in [-0.4, -0.2) is 27.7 Å². The van der Waals surface area contributed by atoms with E-state index in [2.05, 4.69) is 15.3 Å². The van der Waals surface area contributed by atoms with Gasteiger partial charge in [-0.25, -0.2) is 19.2 Å². The molecule has 3 amide bonds. The predicted octanol–water partition coefficient (Wildman–Crippen LogP) is 4.54. The lowest BCUT2D eigenvalue weighted by molar-refractivity contribution is -0.143. The zero-order chi connectivity index (χ0) is 21.9. The maximum Gasteiger partial charge on any atom is 0.436 e. The van der Waals surface area contributed by atoms with Crippen molar-refractivity contribution in [1.29, 1.82) is 0 Å². The van der Waals surface area contributed by atoms with Crippen LogP contribution in [0.4, 0.5) is 28.0 Å². The van der Waals surface area contributed by atoms with E-state index in [0.717, 1.165) is 0 Å². The molecular formula is C19H14F4N4O2S. The van der Waals surface area contributed by atoms with Crippen molar-refractivity contribution in [1.82, 2.24) is 15.3 Å². The summed E-state index contributed by atoms with van der Waals surface area (Å²) in [6.45, 7) is 1.44. The normalized spacial score (nSPS) is 11.4. The molecule has 0 aliphatic heterocycles. The molecular weight excluding hydrogens is 424 g/mol. The minimum absolute atomic E-state index is 0.0727. The van der Waals surface area contributed by atoms with Crippen LogP contribution in [0.3, 0.4) is 0 Å². The number of alkyl halides is 3. The molecule has 0 aliphatic rings. The number of nitrogens with zero attached hydrogens (tertiary/aromatic N) is 2. The first-order chi connectivity index (χ1) is 14.1. The van der Waals surface area contributed by atoms with E-state index in [9.17, 15) is 27.2 Å². The van der Waals surface area contributed by atoms with Crippen molar-refractivity contribution in [3.8, 4) is 0 Å². The number of fused-ring (bicyclic) bond motifs is 1. The van der Waals surface area contributed by atoms with Crippen molar-refractivity contribution in [2.75, 3.05) is 11.1 Å². The Kier molecular flexibility index (Phi) is 6.20. The van der Waals surface area contributed by atoms with Crippen LogP contribution >= 0.6 is 11.8 Å². The van der Waals surface area contributed by atoms with Gasteiger partial charge in [0.05, 0.1) is 16.8 Å². The molecule has 0 unspecified atom stereocenters. The fourth-order valence-electron chi connectivity index (χ4n) is 2.46. The number of carbonyl (C=O) groups is 2. The summed E-state index contributed by atoms with van der Waals surface area (Å²) in [5.41, 5.74) is -0.557. The quantitative estimate of drug-likeness (QED) is 0.462. The number of thioether (sulfide) groups is 1. The second-order valence-electron chi connectivity index (χ2n) is 6.07. The number of para-hydroxylation sites is 2. The fourth-order valence-corrected chi connectivity index (χ4v) is 3.26. The SMILES string of the molecule is Cc1c(F)cccc1NC(=O)NC(=O)CSc1nc2ccccc2nc1C(F)(F)F. The third-order valence-corrected chi connectivity index (χ3v) is 4.88. The third-order valence-electron chi connectivity index (χ3n) is 3.92. The monoisotopic (exact) mass is 438 g/mol. The van der Waals surface area contributed by atoms with Gasteiger partial charge < -0.3 is 5.32 Å². The lowest BCUT2D eigenvalue weighted by Crippen LogP contribution is -2.35. The largest absolute Gasteiger partial charge is 0.436 e. The number of benzene rings is 2. The molecule has 156 valence electrons. The molecule has 0 saturated carbocycles. The van der Waals surface area contributed by atoms with Crippen LogP contribution in [0.25, 0.3) is 11.0 Å². The lowest BCUT2D eigenvalue weighted by atomic mass is 10.2. The molecule has 2 N–H and O–H groups in total. The molecule has 0 radical (unpaired) electrons. The van der Waals surface area contributed by atoms with Gasteiger partial charge in [0, 0.05) is 11.3 Å². The average Bonchev–Trinajstić information content (AvgIpc) is 2.68. The molecule has 0 atom stereocenters. The third kappa shape index (κ3) is 5.03. The number of imide groups is 1. The molecule has 1 heterocycles. The number of urea groups is 1. The zero-order valence-corrected chi connectivity index (χ0v) is 16.2. The molecule has 0 fully saturated rings. The number of amides is 3. The summed E-state index contributed by atoms with van der Waals surface area (Å²) in [4.78, 5) is 31.5. The highest BCUT2D eigenvalue weighted by Crippen LogP contribution is 2.35. The van der Waals surface area contributed by atoms with Crippen molar-refractivity contribution in [2.45, 2.75) is 18.1 Å². The summed E-state index contributed by atoms with van der Waals surface area (Å²) in [7, 11) is 0. The maximum atomic E-state index is 13.5. The van der Waals surface area contributed by atoms with Crippen LogP contribution in [-0.2, 0) is 11.0 Å². The molecule has 11 heteroatoms. The highest BCUT2D eigenvalue weighted by molar-refractivity contribution is 7.99. The van der Waals surface area contributed by atoms with E-state index in [1.54, 1.807) is 6.07 Å². The van der Waals surface area contributed by atoms with Gasteiger partial charge in [0.15, 0.2) is 5.69 Å². The van der Waals surface area contributed by atoms with Crippen molar-refractivity contribution in [3.05, 3.63) is 59.5 Å². The van der Waals surface area contributed by atoms with E-state index < -0.39 is 40.4 Å². The first-order valence-electron chi connectivity index (χ1n) is 8.48. The Hall–Kier alpha value is -3.21. The molecule has 0 aliphatic carbocycles. The number of hydrogen-bond donors (Lipinski definition) is 2. The molecule has 0 bridgehead atoms. The summed E-state index contributed by atoms with van der Waals surface area (Å²) in [6.07, 6.45) is -4.76. The van der Waals surface area contributed by atoms with Crippen LogP contribution in [0, 0.1) is 12.7 Å². The van der Waals surface area contributed by atoms with E-state index in [1.807, 2.05) is 5.32 Å². The summed E-state index contributed by atoms with van der Waals surface area (Å²) in [5, 5.41) is 3.82. The molecule has 0 spiro atoms. The Morgan fingerprint density at radius 3 is 2.37 bits per heavy atom. The molecule has 2 aromatic carbocycles. The van der Waals surface area contributed by atoms with Crippen LogP contribution in [0.5, 0.6) is 0 Å². The minimum atomic E-state index is -4.76. The molecule has 6 nitrogen and oxygen atoms in total.